The lowest BCUT2D eigenvalue weighted by atomic mass is 10.2. The molecule has 0 aliphatic heterocycles. The van der Waals surface area contributed by atoms with Gasteiger partial charge in [0.25, 0.3) is 0 Å². The van der Waals surface area contributed by atoms with Crippen molar-refractivity contribution >= 4 is 23.7 Å². The molecule has 2 amide bonds. The molecule has 0 radical (unpaired) electrons. The Balaban J connectivity index is 1.59. The van der Waals surface area contributed by atoms with Gasteiger partial charge in [-0.15, -0.1) is 0 Å². The number of ether oxygens (including phenoxy) is 1. The summed E-state index contributed by atoms with van der Waals surface area (Å²) in [5.74, 6) is -2.77. The standard InChI is InChI=1S/C22H17F2N3O3/c23-17-9-3-1-8-16(17)14-30-20-12-6-2-7-15(20)13-25-27-22(29)21(28)26-19-11-5-4-10-18(19)24/h1-13H,14H2,(H,26,28)(H,27,29)/b25-13-. The molecule has 2 N–H and O–H groups in total. The predicted octanol–water partition coefficient (Wildman–Crippen LogP) is 3.63. The number of hydrazone groups is 1. The van der Waals surface area contributed by atoms with Gasteiger partial charge in [-0.1, -0.05) is 42.5 Å². The smallest absolute Gasteiger partial charge is 0.329 e. The van der Waals surface area contributed by atoms with Gasteiger partial charge in [-0.2, -0.15) is 5.10 Å². The van der Waals surface area contributed by atoms with Crippen LogP contribution in [-0.4, -0.2) is 18.0 Å². The summed E-state index contributed by atoms with van der Waals surface area (Å²) < 4.78 is 32.9. The number of amides is 2. The minimum absolute atomic E-state index is 0.00886. The van der Waals surface area contributed by atoms with Crippen LogP contribution in [0.4, 0.5) is 14.5 Å². The van der Waals surface area contributed by atoms with Crippen LogP contribution in [0.5, 0.6) is 5.75 Å². The lowest BCUT2D eigenvalue weighted by Crippen LogP contribution is -2.32. The third kappa shape index (κ3) is 5.48. The first-order chi connectivity index (χ1) is 14.5. The van der Waals surface area contributed by atoms with Crippen LogP contribution in [0, 0.1) is 11.6 Å². The van der Waals surface area contributed by atoms with Gasteiger partial charge < -0.3 is 10.1 Å². The second-order valence-corrected chi connectivity index (χ2v) is 6.05. The van der Waals surface area contributed by atoms with Crippen molar-refractivity contribution in [1.82, 2.24) is 5.43 Å². The average Bonchev–Trinajstić information content (AvgIpc) is 2.75. The molecule has 0 aromatic heterocycles. The molecule has 3 aromatic rings. The zero-order valence-corrected chi connectivity index (χ0v) is 15.6. The third-order valence-corrected chi connectivity index (χ3v) is 3.96. The molecule has 0 aliphatic rings. The van der Waals surface area contributed by atoms with Crippen molar-refractivity contribution in [1.29, 1.82) is 0 Å². The largest absolute Gasteiger partial charge is 0.488 e. The van der Waals surface area contributed by atoms with Gasteiger partial charge in [0, 0.05) is 11.1 Å². The van der Waals surface area contributed by atoms with Gasteiger partial charge in [-0.05, 0) is 30.3 Å². The van der Waals surface area contributed by atoms with Gasteiger partial charge in [0.1, 0.15) is 24.0 Å². The van der Waals surface area contributed by atoms with Crippen LogP contribution in [0.2, 0.25) is 0 Å². The Morgan fingerprint density at radius 2 is 1.53 bits per heavy atom. The minimum atomic E-state index is -1.07. The molecule has 152 valence electrons. The van der Waals surface area contributed by atoms with Crippen LogP contribution in [0.3, 0.4) is 0 Å². The SMILES string of the molecule is O=C(N/N=C\c1ccccc1OCc1ccccc1F)C(=O)Nc1ccccc1F. The van der Waals surface area contributed by atoms with Crippen LogP contribution in [0.1, 0.15) is 11.1 Å². The Morgan fingerprint density at radius 1 is 0.867 bits per heavy atom. The molecule has 3 aromatic carbocycles. The van der Waals surface area contributed by atoms with Crippen molar-refractivity contribution in [2.24, 2.45) is 5.10 Å². The fraction of sp³-hybridized carbons (Fsp3) is 0.0455. The number of halogens is 2. The fourth-order valence-corrected chi connectivity index (χ4v) is 2.44. The molecule has 0 saturated heterocycles. The summed E-state index contributed by atoms with van der Waals surface area (Å²) in [5, 5.41) is 5.88. The van der Waals surface area contributed by atoms with Gasteiger partial charge in [0.2, 0.25) is 0 Å². The zero-order chi connectivity index (χ0) is 21.3. The second-order valence-electron chi connectivity index (χ2n) is 6.05. The van der Waals surface area contributed by atoms with Crippen LogP contribution in [0.25, 0.3) is 0 Å². The van der Waals surface area contributed by atoms with E-state index in [4.69, 9.17) is 4.74 Å². The molecule has 6 nitrogen and oxygen atoms in total. The number of hydrogen-bond acceptors (Lipinski definition) is 4. The van der Waals surface area contributed by atoms with Crippen LogP contribution >= 0.6 is 0 Å². The molecule has 30 heavy (non-hydrogen) atoms. The molecule has 0 heterocycles. The van der Waals surface area contributed by atoms with E-state index in [1.165, 1.54) is 30.5 Å². The molecule has 0 saturated carbocycles. The molecule has 0 spiro atoms. The minimum Gasteiger partial charge on any atom is -0.488 e. The number of anilines is 1. The summed E-state index contributed by atoms with van der Waals surface area (Å²) in [7, 11) is 0. The number of hydrogen-bond donors (Lipinski definition) is 2. The van der Waals surface area contributed by atoms with Gasteiger partial charge in [0.15, 0.2) is 0 Å². The van der Waals surface area contributed by atoms with E-state index in [-0.39, 0.29) is 18.1 Å². The highest BCUT2D eigenvalue weighted by atomic mass is 19.1. The van der Waals surface area contributed by atoms with Crippen molar-refractivity contribution in [2.45, 2.75) is 6.61 Å². The lowest BCUT2D eigenvalue weighted by molar-refractivity contribution is -0.136. The maximum atomic E-state index is 13.7. The number of nitrogens with one attached hydrogen (secondary N) is 2. The van der Waals surface area contributed by atoms with Crippen LogP contribution in [0.15, 0.2) is 77.9 Å². The lowest BCUT2D eigenvalue weighted by Gasteiger charge is -2.09. The van der Waals surface area contributed by atoms with Crippen LogP contribution < -0.4 is 15.5 Å². The van der Waals surface area contributed by atoms with E-state index < -0.39 is 17.6 Å². The Hall–Kier alpha value is -4.07. The molecule has 0 atom stereocenters. The predicted molar refractivity (Wildman–Crippen MR) is 108 cm³/mol. The number of rotatable bonds is 6. The van der Waals surface area contributed by atoms with Crippen LogP contribution in [-0.2, 0) is 16.2 Å². The number of benzene rings is 3. The zero-order valence-electron chi connectivity index (χ0n) is 15.6. The molecular weight excluding hydrogens is 392 g/mol. The fourth-order valence-electron chi connectivity index (χ4n) is 2.44. The number of para-hydroxylation sites is 2. The Labute approximate surface area is 171 Å². The molecule has 0 bridgehead atoms. The van der Waals surface area contributed by atoms with Crippen molar-refractivity contribution in [3.05, 3.63) is 95.6 Å². The average molecular weight is 409 g/mol. The third-order valence-electron chi connectivity index (χ3n) is 3.96. The molecular formula is C22H17F2N3O3. The highest BCUT2D eigenvalue weighted by Gasteiger charge is 2.14. The summed E-state index contributed by atoms with van der Waals surface area (Å²) in [6, 6.07) is 18.5. The Kier molecular flexibility index (Phi) is 6.83. The highest BCUT2D eigenvalue weighted by molar-refractivity contribution is 6.39. The van der Waals surface area contributed by atoms with E-state index >= 15 is 0 Å². The molecule has 0 fully saturated rings. The highest BCUT2D eigenvalue weighted by Crippen LogP contribution is 2.18. The van der Waals surface area contributed by atoms with E-state index in [9.17, 15) is 18.4 Å². The van der Waals surface area contributed by atoms with Gasteiger partial charge in [-0.25, -0.2) is 14.2 Å². The quantitative estimate of drug-likeness (QED) is 0.371. The summed E-state index contributed by atoms with van der Waals surface area (Å²) in [6.45, 7) is 0.00886. The van der Waals surface area contributed by atoms with Gasteiger partial charge >= 0.3 is 11.8 Å². The normalized spacial score (nSPS) is 10.6. The van der Waals surface area contributed by atoms with Gasteiger partial charge in [0.05, 0.1) is 11.9 Å². The van der Waals surface area contributed by atoms with E-state index in [1.807, 2.05) is 0 Å². The van der Waals surface area contributed by atoms with Crippen molar-refractivity contribution in [2.75, 3.05) is 5.32 Å². The number of carbonyl (C=O) groups excluding carboxylic acids is 2. The second kappa shape index (κ2) is 9.92. The molecule has 0 aliphatic carbocycles. The topological polar surface area (TPSA) is 79.8 Å². The van der Waals surface area contributed by atoms with Gasteiger partial charge in [-0.3, -0.25) is 9.59 Å². The first-order valence-corrected chi connectivity index (χ1v) is 8.89. The van der Waals surface area contributed by atoms with Crippen molar-refractivity contribution < 1.29 is 23.1 Å². The molecule has 0 unspecified atom stereocenters. The summed E-state index contributed by atoms with van der Waals surface area (Å²) in [6.07, 6.45) is 1.28. The number of nitrogens with zero attached hydrogens (tertiary/aromatic N) is 1. The van der Waals surface area contributed by atoms with Crippen molar-refractivity contribution in [3.63, 3.8) is 0 Å². The first-order valence-electron chi connectivity index (χ1n) is 8.89. The number of carbonyl (C=O) groups is 2. The maximum absolute atomic E-state index is 13.7. The van der Waals surface area contributed by atoms with E-state index in [0.717, 1.165) is 6.07 Å². The summed E-state index contributed by atoms with van der Waals surface area (Å²) in [5.41, 5.74) is 2.84. The van der Waals surface area contributed by atoms with Crippen molar-refractivity contribution in [3.8, 4) is 5.75 Å². The summed E-state index contributed by atoms with van der Waals surface area (Å²) in [4.78, 5) is 23.7. The van der Waals surface area contributed by atoms with E-state index in [2.05, 4.69) is 15.8 Å². The van der Waals surface area contributed by atoms with E-state index in [1.54, 1.807) is 42.5 Å². The molecule has 8 heteroatoms. The Bertz CT molecular complexity index is 1090. The van der Waals surface area contributed by atoms with E-state index in [0.29, 0.717) is 16.9 Å². The maximum Gasteiger partial charge on any atom is 0.329 e. The summed E-state index contributed by atoms with van der Waals surface area (Å²) >= 11 is 0. The first kappa shape index (κ1) is 20.7. The molecule has 3 rings (SSSR count). The monoisotopic (exact) mass is 409 g/mol. The Morgan fingerprint density at radius 3 is 2.30 bits per heavy atom.